The quantitative estimate of drug-likeness (QED) is 0.157. The van der Waals surface area contributed by atoms with E-state index in [4.69, 9.17) is 20.9 Å². The number of aliphatic imine (C=N–C) groups is 2. The van der Waals surface area contributed by atoms with Gasteiger partial charge in [0.2, 0.25) is 6.79 Å². The van der Waals surface area contributed by atoms with Crippen LogP contribution in [-0.4, -0.2) is 70.9 Å². The predicted molar refractivity (Wildman–Crippen MR) is 146 cm³/mol. The summed E-state index contributed by atoms with van der Waals surface area (Å²) in [6.07, 6.45) is 4.81. The molecule has 1 aromatic heterocycles. The molecule has 2 fully saturated rings. The van der Waals surface area contributed by atoms with Crippen molar-refractivity contribution in [2.45, 2.75) is 64.6 Å². The number of aromatic amines is 1. The average molecular weight is 552 g/mol. The first-order valence-electron chi connectivity index (χ1n) is 13.0. The largest absolute Gasteiger partial charge is 0.427 e. The van der Waals surface area contributed by atoms with Crippen LogP contribution in [0.25, 0.3) is 0 Å². The number of amidine groups is 1. The van der Waals surface area contributed by atoms with Crippen LogP contribution in [0, 0.1) is 13.8 Å². The Labute approximate surface area is 231 Å². The SMILES string of the molecule is Cc1ccc(C(=O)NC2CC2)cc1N=C(N=CN)c1[nH]cc(C(=O)N(C(=O)OCOC(=O)C(C)N)C2CC2)c1C. The number of esters is 1. The van der Waals surface area contributed by atoms with E-state index in [2.05, 4.69) is 20.3 Å². The minimum Gasteiger partial charge on any atom is -0.427 e. The normalized spacial score (nSPS) is 15.9. The molecule has 0 aliphatic heterocycles. The number of carbonyl (C=O) groups excluding carboxylic acids is 4. The topological polar surface area (TPSA) is 195 Å². The molecule has 2 aliphatic rings. The zero-order valence-corrected chi connectivity index (χ0v) is 22.6. The van der Waals surface area contributed by atoms with Crippen LogP contribution in [0.3, 0.4) is 0 Å². The molecule has 0 saturated heterocycles. The zero-order chi connectivity index (χ0) is 29.0. The van der Waals surface area contributed by atoms with E-state index < -0.39 is 30.8 Å². The molecule has 13 nitrogen and oxygen atoms in total. The Balaban J connectivity index is 1.57. The minimum atomic E-state index is -0.932. The van der Waals surface area contributed by atoms with E-state index in [1.54, 1.807) is 25.1 Å². The summed E-state index contributed by atoms with van der Waals surface area (Å²) >= 11 is 0. The number of hydrogen-bond acceptors (Lipinski definition) is 8. The fraction of sp³-hybridized carbons (Fsp3) is 0.407. The monoisotopic (exact) mass is 551 g/mol. The van der Waals surface area contributed by atoms with Crippen LogP contribution in [0.2, 0.25) is 0 Å². The fourth-order valence-corrected chi connectivity index (χ4v) is 3.85. The molecule has 2 saturated carbocycles. The van der Waals surface area contributed by atoms with Crippen molar-refractivity contribution in [2.75, 3.05) is 6.79 Å². The van der Waals surface area contributed by atoms with Crippen molar-refractivity contribution in [2.24, 2.45) is 21.5 Å². The van der Waals surface area contributed by atoms with Crippen LogP contribution in [0.1, 0.15) is 70.1 Å². The van der Waals surface area contributed by atoms with Crippen LogP contribution in [0.4, 0.5) is 10.5 Å². The maximum absolute atomic E-state index is 13.4. The van der Waals surface area contributed by atoms with E-state index >= 15 is 0 Å². The van der Waals surface area contributed by atoms with E-state index in [-0.39, 0.29) is 29.4 Å². The molecule has 2 aliphatic carbocycles. The van der Waals surface area contributed by atoms with E-state index in [0.29, 0.717) is 35.3 Å². The summed E-state index contributed by atoms with van der Waals surface area (Å²) in [5.41, 5.74) is 13.9. The predicted octanol–water partition coefficient (Wildman–Crippen LogP) is 2.18. The number of nitrogens with zero attached hydrogens (tertiary/aromatic N) is 3. The molecule has 3 amide bonds. The Kier molecular flexibility index (Phi) is 8.63. The van der Waals surface area contributed by atoms with Crippen LogP contribution < -0.4 is 16.8 Å². The number of ether oxygens (including phenoxy) is 2. The third-order valence-corrected chi connectivity index (χ3v) is 6.48. The second kappa shape index (κ2) is 12.1. The number of benzene rings is 1. The van der Waals surface area contributed by atoms with Crippen LogP contribution in [0.5, 0.6) is 0 Å². The van der Waals surface area contributed by atoms with Gasteiger partial charge in [0, 0.05) is 23.8 Å². The summed E-state index contributed by atoms with van der Waals surface area (Å²) in [4.78, 5) is 63.1. The lowest BCUT2D eigenvalue weighted by atomic mass is 10.1. The van der Waals surface area contributed by atoms with Crippen LogP contribution in [0.15, 0.2) is 34.4 Å². The first-order valence-corrected chi connectivity index (χ1v) is 13.0. The summed E-state index contributed by atoms with van der Waals surface area (Å²) in [5, 5.41) is 2.96. The Bertz CT molecular complexity index is 1370. The molecule has 0 spiro atoms. The van der Waals surface area contributed by atoms with Gasteiger partial charge in [0.05, 0.1) is 23.3 Å². The summed E-state index contributed by atoms with van der Waals surface area (Å²) < 4.78 is 9.80. The molecular weight excluding hydrogens is 518 g/mol. The van der Waals surface area contributed by atoms with Crippen LogP contribution >= 0.6 is 0 Å². The smallest absolute Gasteiger partial charge is 0.419 e. The molecule has 40 heavy (non-hydrogen) atoms. The summed E-state index contributed by atoms with van der Waals surface area (Å²) in [5.74, 6) is -1.31. The van der Waals surface area contributed by atoms with Gasteiger partial charge in [-0.2, -0.15) is 0 Å². The highest BCUT2D eigenvalue weighted by Gasteiger charge is 2.40. The summed E-state index contributed by atoms with van der Waals surface area (Å²) in [7, 11) is 0. The van der Waals surface area contributed by atoms with Gasteiger partial charge in [0.1, 0.15) is 6.04 Å². The molecule has 0 radical (unpaired) electrons. The summed E-state index contributed by atoms with van der Waals surface area (Å²) in [6.45, 7) is 4.32. The van der Waals surface area contributed by atoms with Gasteiger partial charge in [-0.3, -0.25) is 14.4 Å². The van der Waals surface area contributed by atoms with E-state index in [1.165, 1.54) is 13.1 Å². The maximum atomic E-state index is 13.4. The Morgan fingerprint density at radius 1 is 1.18 bits per heavy atom. The maximum Gasteiger partial charge on any atom is 0.419 e. The van der Waals surface area contributed by atoms with Gasteiger partial charge >= 0.3 is 12.1 Å². The molecule has 4 rings (SSSR count). The van der Waals surface area contributed by atoms with Crippen molar-refractivity contribution in [1.29, 1.82) is 0 Å². The highest BCUT2D eigenvalue weighted by atomic mass is 16.7. The second-order valence-electron chi connectivity index (χ2n) is 9.85. The van der Waals surface area contributed by atoms with Gasteiger partial charge in [-0.05, 0) is 69.7 Å². The summed E-state index contributed by atoms with van der Waals surface area (Å²) in [6, 6.07) is 4.21. The zero-order valence-electron chi connectivity index (χ0n) is 22.6. The lowest BCUT2D eigenvalue weighted by Crippen LogP contribution is -2.40. The molecule has 1 aromatic carbocycles. The Hall–Kier alpha value is -4.52. The molecule has 0 bridgehead atoms. The second-order valence-corrected chi connectivity index (χ2v) is 9.85. The molecule has 212 valence electrons. The minimum absolute atomic E-state index is 0.175. The Morgan fingerprint density at radius 2 is 1.90 bits per heavy atom. The molecule has 6 N–H and O–H groups in total. The number of H-pyrrole nitrogens is 1. The van der Waals surface area contributed by atoms with Gasteiger partial charge in [0.15, 0.2) is 5.84 Å². The van der Waals surface area contributed by atoms with Crippen molar-refractivity contribution < 1.29 is 28.7 Å². The number of rotatable bonds is 9. The first kappa shape index (κ1) is 28.5. The van der Waals surface area contributed by atoms with Gasteiger partial charge < -0.3 is 31.2 Å². The lowest BCUT2D eigenvalue weighted by Gasteiger charge is -2.20. The molecule has 2 aromatic rings. The van der Waals surface area contributed by atoms with Crippen LogP contribution in [-0.2, 0) is 14.3 Å². The standard InChI is InChI=1S/C27H33N7O6/c1-14-4-5-17(24(35)32-18-6-7-18)10-21(14)33-23(31-12-28)22-15(2)20(11-30-22)25(36)34(19-8-9-19)27(38)40-13-39-26(37)16(3)29/h4-5,10-12,16,18-19,30H,6-9,13,29H2,1-3H3,(H,32,35)(H2,28,31,33). The van der Waals surface area contributed by atoms with E-state index in [0.717, 1.165) is 29.6 Å². The first-order chi connectivity index (χ1) is 19.1. The lowest BCUT2D eigenvalue weighted by molar-refractivity contribution is -0.153. The van der Waals surface area contributed by atoms with Crippen molar-refractivity contribution in [1.82, 2.24) is 15.2 Å². The van der Waals surface area contributed by atoms with Crippen molar-refractivity contribution in [3.63, 3.8) is 0 Å². The molecule has 1 atom stereocenters. The highest BCUT2D eigenvalue weighted by molar-refractivity contribution is 6.09. The number of nitrogens with two attached hydrogens (primary N) is 2. The number of carbonyl (C=O) groups is 4. The Morgan fingerprint density at radius 3 is 2.52 bits per heavy atom. The molecule has 1 heterocycles. The van der Waals surface area contributed by atoms with Crippen molar-refractivity contribution in [3.8, 4) is 0 Å². The average Bonchev–Trinajstić information content (AvgIpc) is 3.85. The fourth-order valence-electron chi connectivity index (χ4n) is 3.85. The number of hydrogen-bond donors (Lipinski definition) is 4. The van der Waals surface area contributed by atoms with E-state index in [9.17, 15) is 19.2 Å². The van der Waals surface area contributed by atoms with Gasteiger partial charge in [-0.15, -0.1) is 0 Å². The van der Waals surface area contributed by atoms with Crippen molar-refractivity contribution >= 4 is 41.7 Å². The third kappa shape index (κ3) is 6.72. The van der Waals surface area contributed by atoms with E-state index in [1.807, 2.05) is 6.92 Å². The number of amides is 3. The molecular formula is C27H33N7O6. The number of aryl methyl sites for hydroxylation is 1. The van der Waals surface area contributed by atoms with Gasteiger partial charge in [-0.25, -0.2) is 19.7 Å². The van der Waals surface area contributed by atoms with Gasteiger partial charge in [-0.1, -0.05) is 6.07 Å². The molecule has 1 unspecified atom stereocenters. The van der Waals surface area contributed by atoms with Crippen molar-refractivity contribution in [3.05, 3.63) is 52.3 Å². The number of aromatic nitrogens is 1. The number of nitrogens with one attached hydrogen (secondary N) is 2. The number of imide groups is 1. The molecule has 13 heteroatoms. The third-order valence-electron chi connectivity index (χ3n) is 6.48. The highest BCUT2D eigenvalue weighted by Crippen LogP contribution is 2.31. The van der Waals surface area contributed by atoms with Gasteiger partial charge in [0.25, 0.3) is 11.8 Å².